The average molecular weight is 320 g/mol. The third-order valence-electron chi connectivity index (χ3n) is 3.78. The molecule has 0 atom stereocenters. The summed E-state index contributed by atoms with van der Waals surface area (Å²) in [6, 6.07) is 15.2. The third kappa shape index (κ3) is 3.46. The maximum atomic E-state index is 12.4. The smallest absolute Gasteiger partial charge is 0.255 e. The van der Waals surface area contributed by atoms with Crippen LogP contribution in [0.1, 0.15) is 16.2 Å². The fourth-order valence-electron chi connectivity index (χ4n) is 2.43. The Labute approximate surface area is 141 Å². The lowest BCUT2D eigenvalue weighted by molar-refractivity contribution is 0.102. The molecule has 0 fully saturated rings. The van der Waals surface area contributed by atoms with Gasteiger partial charge in [-0.3, -0.25) is 4.79 Å². The molecule has 0 spiro atoms. The lowest BCUT2D eigenvalue weighted by Gasteiger charge is -2.13. The van der Waals surface area contributed by atoms with Crippen LogP contribution in [0.5, 0.6) is 0 Å². The fourth-order valence-corrected chi connectivity index (χ4v) is 2.43. The van der Waals surface area contributed by atoms with Gasteiger partial charge in [-0.15, -0.1) is 0 Å². The first-order valence-electron chi connectivity index (χ1n) is 7.74. The molecule has 0 aliphatic heterocycles. The highest BCUT2D eigenvalue weighted by atomic mass is 16.1. The molecule has 0 bridgehead atoms. The Morgan fingerprint density at radius 3 is 2.50 bits per heavy atom. The van der Waals surface area contributed by atoms with Crippen molar-refractivity contribution in [1.82, 2.24) is 9.97 Å². The second-order valence-corrected chi connectivity index (χ2v) is 5.86. The Kier molecular flexibility index (Phi) is 4.33. The number of aromatic nitrogens is 2. The normalized spacial score (nSPS) is 10.5. The standard InChI is InChI=1S/C19H20N4O/c1-13-20-12-18(21-13)14-7-9-16(10-8-14)22-19(24)15-5-4-6-17(11-15)23(2)3/h4-12H,1-3H3,(H,20,21)(H,22,24). The SMILES string of the molecule is Cc1ncc(-c2ccc(NC(=O)c3cccc(N(C)C)c3)cc2)[nH]1. The number of carbonyl (C=O) groups is 1. The summed E-state index contributed by atoms with van der Waals surface area (Å²) in [6.45, 7) is 1.92. The number of imidazole rings is 1. The van der Waals surface area contributed by atoms with Crippen LogP contribution in [0.25, 0.3) is 11.3 Å². The van der Waals surface area contributed by atoms with E-state index in [9.17, 15) is 4.79 Å². The summed E-state index contributed by atoms with van der Waals surface area (Å²) in [6.07, 6.45) is 1.80. The maximum Gasteiger partial charge on any atom is 0.255 e. The van der Waals surface area contributed by atoms with E-state index < -0.39 is 0 Å². The number of nitrogens with zero attached hydrogens (tertiary/aromatic N) is 2. The van der Waals surface area contributed by atoms with Crippen LogP contribution in [0.3, 0.4) is 0 Å². The molecule has 24 heavy (non-hydrogen) atoms. The van der Waals surface area contributed by atoms with Crippen molar-refractivity contribution in [1.29, 1.82) is 0 Å². The molecule has 122 valence electrons. The lowest BCUT2D eigenvalue weighted by atomic mass is 10.1. The average Bonchev–Trinajstić information content (AvgIpc) is 3.02. The number of H-pyrrole nitrogens is 1. The van der Waals surface area contributed by atoms with Crippen LogP contribution in [-0.2, 0) is 0 Å². The lowest BCUT2D eigenvalue weighted by Crippen LogP contribution is -2.14. The fraction of sp³-hybridized carbons (Fsp3) is 0.158. The number of carbonyl (C=O) groups excluding carboxylic acids is 1. The summed E-state index contributed by atoms with van der Waals surface area (Å²) in [5, 5.41) is 2.92. The highest BCUT2D eigenvalue weighted by molar-refractivity contribution is 6.04. The van der Waals surface area contributed by atoms with Gasteiger partial charge in [0.15, 0.2) is 0 Å². The van der Waals surface area contributed by atoms with E-state index in [0.717, 1.165) is 28.5 Å². The van der Waals surface area contributed by atoms with E-state index in [4.69, 9.17) is 0 Å². The Morgan fingerprint density at radius 1 is 1.12 bits per heavy atom. The van der Waals surface area contributed by atoms with Crippen molar-refractivity contribution in [2.75, 3.05) is 24.3 Å². The first kappa shape index (κ1) is 15.8. The maximum absolute atomic E-state index is 12.4. The van der Waals surface area contributed by atoms with Crippen molar-refractivity contribution in [3.8, 4) is 11.3 Å². The Balaban J connectivity index is 1.74. The number of anilines is 2. The molecule has 5 nitrogen and oxygen atoms in total. The molecule has 0 saturated carbocycles. The van der Waals surface area contributed by atoms with E-state index in [1.54, 1.807) is 6.20 Å². The molecule has 0 aliphatic carbocycles. The molecule has 1 heterocycles. The topological polar surface area (TPSA) is 61.0 Å². The summed E-state index contributed by atoms with van der Waals surface area (Å²) in [5.74, 6) is 0.756. The first-order valence-corrected chi connectivity index (χ1v) is 7.74. The molecule has 1 amide bonds. The minimum Gasteiger partial charge on any atom is -0.378 e. The molecule has 0 aliphatic rings. The molecule has 3 rings (SSSR count). The summed E-state index contributed by atoms with van der Waals surface area (Å²) < 4.78 is 0. The van der Waals surface area contributed by atoms with E-state index in [1.807, 2.05) is 74.4 Å². The van der Waals surface area contributed by atoms with Gasteiger partial charge in [0.25, 0.3) is 5.91 Å². The zero-order valence-electron chi connectivity index (χ0n) is 14.0. The molecule has 2 aromatic carbocycles. The zero-order chi connectivity index (χ0) is 17.1. The first-order chi connectivity index (χ1) is 11.5. The van der Waals surface area contributed by atoms with Crippen LogP contribution in [0.15, 0.2) is 54.7 Å². The van der Waals surface area contributed by atoms with Gasteiger partial charge in [0, 0.05) is 31.0 Å². The quantitative estimate of drug-likeness (QED) is 0.770. The van der Waals surface area contributed by atoms with Gasteiger partial charge in [-0.2, -0.15) is 0 Å². The van der Waals surface area contributed by atoms with Crippen LogP contribution < -0.4 is 10.2 Å². The Morgan fingerprint density at radius 2 is 1.88 bits per heavy atom. The molecule has 0 radical (unpaired) electrons. The number of aryl methyl sites for hydroxylation is 1. The molecule has 1 aromatic heterocycles. The van der Waals surface area contributed by atoms with Crippen LogP contribution in [-0.4, -0.2) is 30.0 Å². The molecule has 2 N–H and O–H groups in total. The number of benzene rings is 2. The van der Waals surface area contributed by atoms with E-state index >= 15 is 0 Å². The monoisotopic (exact) mass is 320 g/mol. The molecule has 5 heteroatoms. The summed E-state index contributed by atoms with van der Waals surface area (Å²) >= 11 is 0. The number of nitrogens with one attached hydrogen (secondary N) is 2. The van der Waals surface area contributed by atoms with Crippen molar-refractivity contribution in [2.24, 2.45) is 0 Å². The summed E-state index contributed by atoms with van der Waals surface area (Å²) in [7, 11) is 3.90. The van der Waals surface area contributed by atoms with Gasteiger partial charge in [0.2, 0.25) is 0 Å². The minimum absolute atomic E-state index is 0.121. The van der Waals surface area contributed by atoms with E-state index in [2.05, 4.69) is 15.3 Å². The predicted molar refractivity (Wildman–Crippen MR) is 97.5 cm³/mol. The predicted octanol–water partition coefficient (Wildman–Crippen LogP) is 3.70. The number of amides is 1. The summed E-state index contributed by atoms with van der Waals surface area (Å²) in [5.41, 5.74) is 4.38. The molecule has 0 unspecified atom stereocenters. The highest BCUT2D eigenvalue weighted by Crippen LogP contribution is 2.20. The molecular formula is C19H20N4O. The Hall–Kier alpha value is -3.08. The summed E-state index contributed by atoms with van der Waals surface area (Å²) in [4.78, 5) is 21.8. The second kappa shape index (κ2) is 6.58. The van der Waals surface area contributed by atoms with Crippen molar-refractivity contribution >= 4 is 17.3 Å². The number of hydrogen-bond donors (Lipinski definition) is 2. The van der Waals surface area contributed by atoms with Gasteiger partial charge < -0.3 is 15.2 Å². The minimum atomic E-state index is -0.121. The third-order valence-corrected chi connectivity index (χ3v) is 3.78. The van der Waals surface area contributed by atoms with Crippen LogP contribution in [0.4, 0.5) is 11.4 Å². The molecular weight excluding hydrogens is 300 g/mol. The van der Waals surface area contributed by atoms with Crippen molar-refractivity contribution in [2.45, 2.75) is 6.92 Å². The van der Waals surface area contributed by atoms with Crippen LogP contribution in [0, 0.1) is 6.92 Å². The van der Waals surface area contributed by atoms with Crippen molar-refractivity contribution in [3.05, 3.63) is 66.1 Å². The van der Waals surface area contributed by atoms with Crippen molar-refractivity contribution in [3.63, 3.8) is 0 Å². The molecule has 3 aromatic rings. The van der Waals surface area contributed by atoms with Gasteiger partial charge in [-0.1, -0.05) is 18.2 Å². The largest absolute Gasteiger partial charge is 0.378 e. The van der Waals surface area contributed by atoms with Gasteiger partial charge in [-0.05, 0) is 42.8 Å². The van der Waals surface area contributed by atoms with Crippen molar-refractivity contribution < 1.29 is 4.79 Å². The van der Waals surface area contributed by atoms with Crippen LogP contribution in [0.2, 0.25) is 0 Å². The second-order valence-electron chi connectivity index (χ2n) is 5.86. The molecule has 0 saturated heterocycles. The van der Waals surface area contributed by atoms with Gasteiger partial charge in [0.1, 0.15) is 5.82 Å². The van der Waals surface area contributed by atoms with Gasteiger partial charge in [-0.25, -0.2) is 4.98 Å². The van der Waals surface area contributed by atoms with E-state index in [0.29, 0.717) is 5.56 Å². The number of rotatable bonds is 4. The van der Waals surface area contributed by atoms with E-state index in [-0.39, 0.29) is 5.91 Å². The Bertz CT molecular complexity index is 850. The van der Waals surface area contributed by atoms with Gasteiger partial charge >= 0.3 is 0 Å². The van der Waals surface area contributed by atoms with E-state index in [1.165, 1.54) is 0 Å². The van der Waals surface area contributed by atoms with Gasteiger partial charge in [0.05, 0.1) is 11.9 Å². The number of hydrogen-bond acceptors (Lipinski definition) is 3. The highest BCUT2D eigenvalue weighted by Gasteiger charge is 2.08. The van der Waals surface area contributed by atoms with Crippen LogP contribution >= 0.6 is 0 Å². The zero-order valence-corrected chi connectivity index (χ0v) is 14.0. The number of aromatic amines is 1.